The van der Waals surface area contributed by atoms with Crippen molar-refractivity contribution >= 4 is 25.0 Å². The second kappa shape index (κ2) is 10.8. The molecule has 0 saturated carbocycles. The number of carbonyl (C=O) groups excluding carboxylic acids is 1. The monoisotopic (exact) mass is 510 g/mol. The Bertz CT molecular complexity index is 1200. The number of amides is 1. The average Bonchev–Trinajstić information content (AvgIpc) is 3.20. The number of fused-ring (bicyclic) bond motifs is 1. The molecule has 1 aromatic carbocycles. The van der Waals surface area contributed by atoms with Gasteiger partial charge < -0.3 is 14.2 Å². The molecular weight excluding hydrogens is 471 g/mol. The number of hydrogen-bond donors (Lipinski definition) is 0. The number of halogens is 1. The highest BCUT2D eigenvalue weighted by Gasteiger charge is 2.33. The smallest absolute Gasteiger partial charge is 0.256 e. The van der Waals surface area contributed by atoms with E-state index in [2.05, 4.69) is 38.4 Å². The summed E-state index contributed by atoms with van der Waals surface area (Å²) < 4.78 is 21.2. The minimum Gasteiger partial charge on any atom is -0.361 e. The predicted molar refractivity (Wildman–Crippen MR) is 145 cm³/mol. The van der Waals surface area contributed by atoms with Crippen LogP contribution in [-0.2, 0) is 18.0 Å². The van der Waals surface area contributed by atoms with Crippen molar-refractivity contribution in [3.05, 3.63) is 65.2 Å². The lowest BCUT2D eigenvalue weighted by Gasteiger charge is -2.44. The Labute approximate surface area is 215 Å². The Morgan fingerprint density at radius 1 is 1.11 bits per heavy atom. The van der Waals surface area contributed by atoms with E-state index in [1.165, 1.54) is 12.1 Å². The molecule has 36 heavy (non-hydrogen) atoms. The maximum atomic E-state index is 13.6. The number of aryl methyl sites for hydroxylation is 1. The lowest BCUT2D eigenvalue weighted by molar-refractivity contribution is 0.0290. The van der Waals surface area contributed by atoms with Crippen LogP contribution in [0, 0.1) is 12.7 Å². The van der Waals surface area contributed by atoms with Crippen LogP contribution in [0.25, 0.3) is 11.0 Å². The fourth-order valence-electron chi connectivity index (χ4n) is 4.74. The van der Waals surface area contributed by atoms with Gasteiger partial charge in [-0.05, 0) is 56.6 Å². The molecule has 0 radical (unpaired) electrons. The summed E-state index contributed by atoms with van der Waals surface area (Å²) in [6, 6.07) is 12.0. The first kappa shape index (κ1) is 26.5. The highest BCUT2D eigenvalue weighted by Crippen LogP contribution is 2.24. The molecule has 2 aromatic heterocycles. The highest BCUT2D eigenvalue weighted by molar-refractivity contribution is 6.76. The summed E-state index contributed by atoms with van der Waals surface area (Å²) in [5.74, 6) is -0.191. The first-order valence-electron chi connectivity index (χ1n) is 12.9. The number of pyridine rings is 1. The van der Waals surface area contributed by atoms with E-state index in [-0.39, 0.29) is 23.8 Å². The number of carbonyl (C=O) groups is 1. The third kappa shape index (κ3) is 6.22. The van der Waals surface area contributed by atoms with Gasteiger partial charge in [-0.1, -0.05) is 31.8 Å². The molecule has 4 rings (SSSR count). The molecule has 1 aliphatic rings. The maximum Gasteiger partial charge on any atom is 0.256 e. The summed E-state index contributed by atoms with van der Waals surface area (Å²) in [4.78, 5) is 22.8. The quantitative estimate of drug-likeness (QED) is 0.295. The molecular formula is C28H39FN4O2Si. The molecule has 2 atom stereocenters. The summed E-state index contributed by atoms with van der Waals surface area (Å²) in [6.07, 6.45) is 1.98. The van der Waals surface area contributed by atoms with Crippen molar-refractivity contribution in [2.45, 2.75) is 71.8 Å². The van der Waals surface area contributed by atoms with Gasteiger partial charge in [-0.3, -0.25) is 9.69 Å². The Kier molecular flexibility index (Phi) is 7.97. The lowest BCUT2D eigenvalue weighted by atomic mass is 10.0. The van der Waals surface area contributed by atoms with E-state index in [9.17, 15) is 9.18 Å². The van der Waals surface area contributed by atoms with Crippen LogP contribution >= 0.6 is 0 Å². The molecule has 1 fully saturated rings. The van der Waals surface area contributed by atoms with Gasteiger partial charge in [0.25, 0.3) is 5.91 Å². The SMILES string of the molecule is Cc1nc2c(ccn2COCC[Si](C)(C)C)cc1C(=O)N1C[C@H](C)N(Cc2ccc(F)cc2)C[C@H]1C. The summed E-state index contributed by atoms with van der Waals surface area (Å²) in [5, 5.41) is 0.952. The number of aromatic nitrogens is 2. The van der Waals surface area contributed by atoms with E-state index in [1.54, 1.807) is 0 Å². The van der Waals surface area contributed by atoms with Crippen LogP contribution in [0.5, 0.6) is 0 Å². The molecule has 3 aromatic rings. The highest BCUT2D eigenvalue weighted by atomic mass is 28.3. The van der Waals surface area contributed by atoms with Crippen LogP contribution in [-0.4, -0.2) is 65.1 Å². The third-order valence-corrected chi connectivity index (χ3v) is 8.76. The van der Waals surface area contributed by atoms with Crippen LogP contribution in [0.1, 0.15) is 35.5 Å². The zero-order chi connectivity index (χ0) is 26.0. The number of benzene rings is 1. The minimum absolute atomic E-state index is 0.0295. The van der Waals surface area contributed by atoms with Crippen LogP contribution in [0.4, 0.5) is 4.39 Å². The van der Waals surface area contributed by atoms with Gasteiger partial charge in [0.05, 0.1) is 11.3 Å². The van der Waals surface area contributed by atoms with Crippen molar-refractivity contribution in [1.82, 2.24) is 19.4 Å². The summed E-state index contributed by atoms with van der Waals surface area (Å²) >= 11 is 0. The number of rotatable bonds is 8. The molecule has 3 heterocycles. The van der Waals surface area contributed by atoms with Crippen molar-refractivity contribution in [3.63, 3.8) is 0 Å². The molecule has 0 bridgehead atoms. The third-order valence-electron chi connectivity index (χ3n) is 7.06. The summed E-state index contributed by atoms with van der Waals surface area (Å²) in [6.45, 7) is 16.6. The molecule has 6 nitrogen and oxygen atoms in total. The van der Waals surface area contributed by atoms with E-state index < -0.39 is 8.07 Å². The molecule has 0 N–H and O–H groups in total. The van der Waals surface area contributed by atoms with Gasteiger partial charge in [0, 0.05) is 58.0 Å². The Morgan fingerprint density at radius 3 is 2.53 bits per heavy atom. The van der Waals surface area contributed by atoms with Gasteiger partial charge in [-0.2, -0.15) is 0 Å². The predicted octanol–water partition coefficient (Wildman–Crippen LogP) is 5.53. The van der Waals surface area contributed by atoms with E-state index >= 15 is 0 Å². The fourth-order valence-corrected chi connectivity index (χ4v) is 5.50. The molecule has 0 aliphatic carbocycles. The Morgan fingerprint density at radius 2 is 1.83 bits per heavy atom. The molecule has 1 amide bonds. The van der Waals surface area contributed by atoms with Gasteiger partial charge in [-0.15, -0.1) is 0 Å². The first-order chi connectivity index (χ1) is 17.0. The van der Waals surface area contributed by atoms with Crippen molar-refractivity contribution in [2.24, 2.45) is 0 Å². The van der Waals surface area contributed by atoms with Crippen LogP contribution in [0.3, 0.4) is 0 Å². The number of nitrogens with zero attached hydrogens (tertiary/aromatic N) is 4. The van der Waals surface area contributed by atoms with E-state index in [4.69, 9.17) is 9.72 Å². The van der Waals surface area contributed by atoms with E-state index in [0.717, 1.165) is 48.0 Å². The Balaban J connectivity index is 1.43. The second-order valence-corrected chi connectivity index (χ2v) is 17.0. The van der Waals surface area contributed by atoms with Crippen LogP contribution in [0.2, 0.25) is 25.7 Å². The van der Waals surface area contributed by atoms with Gasteiger partial charge in [0.1, 0.15) is 18.2 Å². The summed E-state index contributed by atoms with van der Waals surface area (Å²) in [7, 11) is -1.12. The van der Waals surface area contributed by atoms with E-state index in [1.807, 2.05) is 46.9 Å². The normalized spacial score (nSPS) is 19.2. The summed E-state index contributed by atoms with van der Waals surface area (Å²) in [5.41, 5.74) is 3.33. The molecule has 0 unspecified atom stereocenters. The van der Waals surface area contributed by atoms with Crippen molar-refractivity contribution in [3.8, 4) is 0 Å². The number of ether oxygens (including phenoxy) is 1. The molecule has 8 heteroatoms. The van der Waals surface area contributed by atoms with Gasteiger partial charge in [0.15, 0.2) is 0 Å². The molecule has 1 saturated heterocycles. The van der Waals surface area contributed by atoms with Gasteiger partial charge in [0.2, 0.25) is 0 Å². The standard InChI is InChI=1S/C28H39FN4O2Si/c1-20-17-33(21(2)16-32(20)18-23-7-9-25(29)10-8-23)28(34)26-15-24-11-12-31(27(24)30-22(26)3)19-35-13-14-36(4,5)6/h7-12,15,20-21H,13-14,16-19H2,1-6H3/t20-,21+/m0/s1. The van der Waals surface area contributed by atoms with Crippen LogP contribution < -0.4 is 0 Å². The average molecular weight is 511 g/mol. The van der Waals surface area contributed by atoms with E-state index in [0.29, 0.717) is 18.8 Å². The Hall–Kier alpha value is -2.55. The van der Waals surface area contributed by atoms with Gasteiger partial charge in [-0.25, -0.2) is 9.37 Å². The topological polar surface area (TPSA) is 50.6 Å². The van der Waals surface area contributed by atoms with Crippen molar-refractivity contribution in [1.29, 1.82) is 0 Å². The largest absolute Gasteiger partial charge is 0.361 e. The maximum absolute atomic E-state index is 13.6. The molecule has 194 valence electrons. The second-order valence-electron chi connectivity index (χ2n) is 11.4. The lowest BCUT2D eigenvalue weighted by Crippen LogP contribution is -2.57. The van der Waals surface area contributed by atoms with Crippen molar-refractivity contribution in [2.75, 3.05) is 19.7 Å². The minimum atomic E-state index is -1.12. The van der Waals surface area contributed by atoms with Crippen molar-refractivity contribution < 1.29 is 13.9 Å². The zero-order valence-electron chi connectivity index (χ0n) is 22.4. The first-order valence-corrected chi connectivity index (χ1v) is 16.6. The molecule has 0 spiro atoms. The fraction of sp³-hybridized carbons (Fsp3) is 0.500. The zero-order valence-corrected chi connectivity index (χ0v) is 23.4. The number of piperazine rings is 1. The van der Waals surface area contributed by atoms with Crippen LogP contribution in [0.15, 0.2) is 42.6 Å². The number of hydrogen-bond acceptors (Lipinski definition) is 4. The molecule has 1 aliphatic heterocycles. The van der Waals surface area contributed by atoms with Gasteiger partial charge >= 0.3 is 0 Å².